The molecule has 3 rings (SSSR count). The first-order valence-electron chi connectivity index (χ1n) is 8.62. The number of rotatable bonds is 5. The first kappa shape index (κ1) is 15.8. The minimum Gasteiger partial charge on any atom is -0.311 e. The summed E-state index contributed by atoms with van der Waals surface area (Å²) in [6.07, 6.45) is 8.67. The lowest BCUT2D eigenvalue weighted by molar-refractivity contribution is -0.119. The molecule has 1 unspecified atom stereocenters. The quantitative estimate of drug-likeness (QED) is 0.899. The molecule has 23 heavy (non-hydrogen) atoms. The Kier molecular flexibility index (Phi) is 5.11. The number of nitrogens with one attached hydrogen (secondary N) is 1. The number of hydrogen-bond donors (Lipinski definition) is 1. The summed E-state index contributed by atoms with van der Waals surface area (Å²) in [5.74, 6) is 0.834. The zero-order chi connectivity index (χ0) is 16.1. The van der Waals surface area contributed by atoms with Crippen LogP contribution in [0.15, 0.2) is 42.6 Å². The van der Waals surface area contributed by atoms with E-state index in [0.717, 1.165) is 25.1 Å². The fourth-order valence-corrected chi connectivity index (χ4v) is 3.34. The molecule has 4 heteroatoms. The highest BCUT2D eigenvalue weighted by molar-refractivity contribution is 5.91. The van der Waals surface area contributed by atoms with Gasteiger partial charge in [-0.15, -0.1) is 0 Å². The van der Waals surface area contributed by atoms with E-state index < -0.39 is 0 Å². The summed E-state index contributed by atoms with van der Waals surface area (Å²) in [7, 11) is 0. The number of carbonyl (C=O) groups excluding carboxylic acids is 1. The fraction of sp³-hybridized carbons (Fsp3) is 0.474. The molecule has 1 amide bonds. The van der Waals surface area contributed by atoms with Crippen LogP contribution in [0.1, 0.15) is 50.6 Å². The molecule has 0 spiro atoms. The van der Waals surface area contributed by atoms with Gasteiger partial charge >= 0.3 is 0 Å². The highest BCUT2D eigenvalue weighted by atomic mass is 16.2. The van der Waals surface area contributed by atoms with Crippen molar-refractivity contribution in [3.05, 3.63) is 48.2 Å². The SMILES string of the molecule is CC(Cc1ccccc1)C(=O)Nc1ccnn1C1CCCCC1. The molecule has 0 saturated heterocycles. The summed E-state index contributed by atoms with van der Waals surface area (Å²) in [6, 6.07) is 12.5. The van der Waals surface area contributed by atoms with Gasteiger partial charge in [-0.1, -0.05) is 56.5 Å². The number of amides is 1. The molecule has 1 saturated carbocycles. The average Bonchev–Trinajstić information content (AvgIpc) is 3.04. The Labute approximate surface area is 137 Å². The Morgan fingerprint density at radius 3 is 2.70 bits per heavy atom. The maximum Gasteiger partial charge on any atom is 0.228 e. The van der Waals surface area contributed by atoms with E-state index in [1.165, 1.54) is 24.8 Å². The summed E-state index contributed by atoms with van der Waals surface area (Å²) < 4.78 is 2.01. The smallest absolute Gasteiger partial charge is 0.228 e. The minimum atomic E-state index is -0.0629. The highest BCUT2D eigenvalue weighted by Crippen LogP contribution is 2.30. The van der Waals surface area contributed by atoms with Crippen molar-refractivity contribution in [3.63, 3.8) is 0 Å². The lowest BCUT2D eigenvalue weighted by Gasteiger charge is -2.24. The summed E-state index contributed by atoms with van der Waals surface area (Å²) in [4.78, 5) is 12.5. The Bertz CT molecular complexity index is 629. The normalized spacial score (nSPS) is 16.9. The Morgan fingerprint density at radius 1 is 1.22 bits per heavy atom. The molecule has 0 radical (unpaired) electrons. The van der Waals surface area contributed by atoms with E-state index in [0.29, 0.717) is 6.04 Å². The maximum absolute atomic E-state index is 12.5. The van der Waals surface area contributed by atoms with Gasteiger partial charge in [-0.3, -0.25) is 4.79 Å². The van der Waals surface area contributed by atoms with Gasteiger partial charge in [-0.05, 0) is 24.8 Å². The van der Waals surface area contributed by atoms with E-state index >= 15 is 0 Å². The van der Waals surface area contributed by atoms with Crippen LogP contribution in [0.4, 0.5) is 5.82 Å². The number of nitrogens with zero attached hydrogens (tertiary/aromatic N) is 2. The molecule has 0 aliphatic heterocycles. The van der Waals surface area contributed by atoms with Crippen molar-refractivity contribution in [3.8, 4) is 0 Å². The largest absolute Gasteiger partial charge is 0.311 e. The van der Waals surface area contributed by atoms with Gasteiger partial charge in [0.2, 0.25) is 5.91 Å². The molecule has 1 N–H and O–H groups in total. The van der Waals surface area contributed by atoms with Crippen molar-refractivity contribution >= 4 is 11.7 Å². The van der Waals surface area contributed by atoms with Crippen LogP contribution in [0.3, 0.4) is 0 Å². The van der Waals surface area contributed by atoms with Gasteiger partial charge in [0.15, 0.2) is 0 Å². The molecular weight excluding hydrogens is 286 g/mol. The van der Waals surface area contributed by atoms with Gasteiger partial charge in [0.1, 0.15) is 5.82 Å². The fourth-order valence-electron chi connectivity index (χ4n) is 3.34. The zero-order valence-electron chi connectivity index (χ0n) is 13.7. The third kappa shape index (κ3) is 4.01. The molecule has 1 fully saturated rings. The van der Waals surface area contributed by atoms with Gasteiger partial charge in [0.25, 0.3) is 0 Å². The number of benzene rings is 1. The van der Waals surface area contributed by atoms with Crippen molar-refractivity contribution in [2.75, 3.05) is 5.32 Å². The molecule has 1 atom stereocenters. The molecule has 1 aliphatic carbocycles. The first-order valence-corrected chi connectivity index (χ1v) is 8.62. The zero-order valence-corrected chi connectivity index (χ0v) is 13.7. The summed E-state index contributed by atoms with van der Waals surface area (Å²) in [6.45, 7) is 1.98. The van der Waals surface area contributed by atoms with Crippen LogP contribution >= 0.6 is 0 Å². The molecule has 1 aliphatic rings. The second-order valence-electron chi connectivity index (χ2n) is 6.53. The first-order chi connectivity index (χ1) is 11.2. The third-order valence-electron chi connectivity index (χ3n) is 4.67. The minimum absolute atomic E-state index is 0.0615. The van der Waals surface area contributed by atoms with Crippen LogP contribution < -0.4 is 5.32 Å². The lowest BCUT2D eigenvalue weighted by atomic mass is 9.96. The monoisotopic (exact) mass is 311 g/mol. The highest BCUT2D eigenvalue weighted by Gasteiger charge is 2.20. The van der Waals surface area contributed by atoms with E-state index in [1.54, 1.807) is 6.20 Å². The van der Waals surface area contributed by atoms with E-state index in [9.17, 15) is 4.79 Å². The number of hydrogen-bond acceptors (Lipinski definition) is 2. The van der Waals surface area contributed by atoms with E-state index in [-0.39, 0.29) is 11.8 Å². The van der Waals surface area contributed by atoms with Gasteiger partial charge in [-0.2, -0.15) is 5.10 Å². The molecule has 0 bridgehead atoms. The summed E-state index contributed by atoms with van der Waals surface area (Å²) in [5, 5.41) is 7.51. The number of anilines is 1. The molecule has 1 aromatic carbocycles. The molecule has 4 nitrogen and oxygen atoms in total. The molecule has 1 heterocycles. The predicted octanol–water partition coefficient (Wildman–Crippen LogP) is 4.21. The van der Waals surface area contributed by atoms with Crippen LogP contribution in [-0.2, 0) is 11.2 Å². The lowest BCUT2D eigenvalue weighted by Crippen LogP contribution is -2.25. The van der Waals surface area contributed by atoms with Gasteiger partial charge in [-0.25, -0.2) is 4.68 Å². The maximum atomic E-state index is 12.5. The Morgan fingerprint density at radius 2 is 1.96 bits per heavy atom. The summed E-state index contributed by atoms with van der Waals surface area (Å²) in [5.41, 5.74) is 1.19. The van der Waals surface area contributed by atoms with Crippen LogP contribution in [-0.4, -0.2) is 15.7 Å². The topological polar surface area (TPSA) is 46.9 Å². The van der Waals surface area contributed by atoms with Gasteiger partial charge in [0.05, 0.1) is 12.2 Å². The van der Waals surface area contributed by atoms with Gasteiger partial charge in [0, 0.05) is 12.0 Å². The molecule has 2 aromatic rings. The number of carbonyl (C=O) groups is 1. The van der Waals surface area contributed by atoms with Crippen LogP contribution in [0.5, 0.6) is 0 Å². The van der Waals surface area contributed by atoms with Gasteiger partial charge < -0.3 is 5.32 Å². The molecular formula is C19H25N3O. The van der Waals surface area contributed by atoms with Crippen molar-refractivity contribution in [2.45, 2.75) is 51.5 Å². The molecule has 122 valence electrons. The van der Waals surface area contributed by atoms with Crippen molar-refractivity contribution in [2.24, 2.45) is 5.92 Å². The van der Waals surface area contributed by atoms with Crippen molar-refractivity contribution in [1.82, 2.24) is 9.78 Å². The standard InChI is InChI=1S/C19H25N3O/c1-15(14-16-8-4-2-5-9-16)19(23)21-18-12-13-20-22(18)17-10-6-3-7-11-17/h2,4-5,8-9,12-13,15,17H,3,6-7,10-11,14H2,1H3,(H,21,23). The Balaban J connectivity index is 1.62. The van der Waals surface area contributed by atoms with E-state index in [4.69, 9.17) is 0 Å². The summed E-state index contributed by atoms with van der Waals surface area (Å²) >= 11 is 0. The predicted molar refractivity (Wildman–Crippen MR) is 92.3 cm³/mol. The van der Waals surface area contributed by atoms with Crippen LogP contribution in [0.25, 0.3) is 0 Å². The van der Waals surface area contributed by atoms with Crippen LogP contribution in [0.2, 0.25) is 0 Å². The molecule has 1 aromatic heterocycles. The van der Waals surface area contributed by atoms with Crippen molar-refractivity contribution < 1.29 is 4.79 Å². The van der Waals surface area contributed by atoms with E-state index in [1.807, 2.05) is 35.9 Å². The average molecular weight is 311 g/mol. The van der Waals surface area contributed by atoms with Crippen molar-refractivity contribution in [1.29, 1.82) is 0 Å². The Hall–Kier alpha value is -2.10. The van der Waals surface area contributed by atoms with Crippen LogP contribution in [0, 0.1) is 5.92 Å². The number of aromatic nitrogens is 2. The van der Waals surface area contributed by atoms with E-state index in [2.05, 4.69) is 22.5 Å². The second kappa shape index (κ2) is 7.44. The second-order valence-corrected chi connectivity index (χ2v) is 6.53. The third-order valence-corrected chi connectivity index (χ3v) is 4.67.